The van der Waals surface area contributed by atoms with Gasteiger partial charge in [-0.05, 0) is 47.2 Å². The van der Waals surface area contributed by atoms with Gasteiger partial charge in [-0.25, -0.2) is 0 Å². The highest BCUT2D eigenvalue weighted by Crippen LogP contribution is 2.22. The number of carbonyl (C=O) groups is 1. The van der Waals surface area contributed by atoms with Crippen LogP contribution in [0.1, 0.15) is 36.5 Å². The molecule has 0 bridgehead atoms. The van der Waals surface area contributed by atoms with Crippen LogP contribution in [0.15, 0.2) is 78.0 Å². The second-order valence-corrected chi connectivity index (χ2v) is 7.52. The van der Waals surface area contributed by atoms with Gasteiger partial charge in [0.1, 0.15) is 12.4 Å². The molecule has 3 rings (SSSR count). The average Bonchev–Trinajstić information content (AvgIpc) is 2.81. The molecular formula is C27H29NO4. The molecule has 0 amide bonds. The Bertz CT molecular complexity index is 1040. The Morgan fingerprint density at radius 3 is 2.31 bits per heavy atom. The highest BCUT2D eigenvalue weighted by molar-refractivity contribution is 6.00. The maximum absolute atomic E-state index is 11.0. The van der Waals surface area contributed by atoms with Gasteiger partial charge in [0, 0.05) is 0 Å². The first-order chi connectivity index (χ1) is 15.6. The number of aliphatic carboxylic acids is 1. The van der Waals surface area contributed by atoms with Crippen molar-refractivity contribution in [2.75, 3.05) is 13.2 Å². The molecular weight excluding hydrogens is 402 g/mol. The van der Waals surface area contributed by atoms with E-state index < -0.39 is 5.97 Å². The second kappa shape index (κ2) is 11.7. The van der Waals surface area contributed by atoms with E-state index in [1.165, 1.54) is 11.1 Å². The number of carboxylic acid groups (broad SMARTS) is 1. The molecule has 166 valence electrons. The summed E-state index contributed by atoms with van der Waals surface area (Å²) in [6, 6.07) is 24.1. The number of nitrogens with zero attached hydrogens (tertiary/aromatic N) is 1. The van der Waals surface area contributed by atoms with Crippen molar-refractivity contribution in [3.8, 4) is 16.9 Å². The van der Waals surface area contributed by atoms with E-state index in [1.807, 2.05) is 31.2 Å². The van der Waals surface area contributed by atoms with Crippen LogP contribution in [0.3, 0.4) is 0 Å². The van der Waals surface area contributed by atoms with Crippen LogP contribution in [0.2, 0.25) is 0 Å². The highest BCUT2D eigenvalue weighted by Gasteiger charge is 2.09. The van der Waals surface area contributed by atoms with Crippen LogP contribution < -0.4 is 4.74 Å². The number of rotatable bonds is 11. The Morgan fingerprint density at radius 2 is 1.62 bits per heavy atom. The molecule has 0 aliphatic rings. The lowest BCUT2D eigenvalue weighted by Crippen LogP contribution is -2.09. The SMILES string of the molecule is CCCC(=NOCCOc1cccc(CC(=O)O)c1C)c1ccc(-c2ccccc2)cc1. The molecule has 5 nitrogen and oxygen atoms in total. The Morgan fingerprint density at radius 1 is 0.906 bits per heavy atom. The van der Waals surface area contributed by atoms with E-state index in [4.69, 9.17) is 14.7 Å². The lowest BCUT2D eigenvalue weighted by molar-refractivity contribution is -0.136. The fourth-order valence-electron chi connectivity index (χ4n) is 3.45. The standard InChI is InChI=1S/C27H29NO4/c1-3-8-25(23-15-13-22(14-16-23)21-9-5-4-6-10-21)28-32-18-17-31-26-12-7-11-24(20(26)2)19-27(29)30/h4-7,9-16H,3,8,17-19H2,1-2H3,(H,29,30). The van der Waals surface area contributed by atoms with E-state index in [0.717, 1.165) is 35.2 Å². The molecule has 0 radical (unpaired) electrons. The summed E-state index contributed by atoms with van der Waals surface area (Å²) in [6.45, 7) is 4.61. The molecule has 0 unspecified atom stereocenters. The summed E-state index contributed by atoms with van der Waals surface area (Å²) in [5, 5.41) is 13.4. The number of ether oxygens (including phenoxy) is 1. The maximum atomic E-state index is 11.0. The van der Waals surface area contributed by atoms with E-state index in [0.29, 0.717) is 19.0 Å². The molecule has 1 N–H and O–H groups in total. The number of oxime groups is 1. The lowest BCUT2D eigenvalue weighted by Gasteiger charge is -2.12. The third-order valence-electron chi connectivity index (χ3n) is 5.16. The van der Waals surface area contributed by atoms with Crippen LogP contribution in [-0.4, -0.2) is 30.0 Å². The van der Waals surface area contributed by atoms with Crippen LogP contribution in [0, 0.1) is 6.92 Å². The molecule has 0 aliphatic carbocycles. The summed E-state index contributed by atoms with van der Waals surface area (Å²) >= 11 is 0. The molecule has 0 aromatic heterocycles. The quantitative estimate of drug-likeness (QED) is 0.234. The molecule has 0 saturated heterocycles. The zero-order valence-electron chi connectivity index (χ0n) is 18.6. The van der Waals surface area contributed by atoms with Crippen molar-refractivity contribution < 1.29 is 19.5 Å². The second-order valence-electron chi connectivity index (χ2n) is 7.52. The molecule has 0 atom stereocenters. The van der Waals surface area contributed by atoms with Gasteiger partial charge < -0.3 is 14.7 Å². The summed E-state index contributed by atoms with van der Waals surface area (Å²) in [4.78, 5) is 16.5. The molecule has 32 heavy (non-hydrogen) atoms. The summed E-state index contributed by atoms with van der Waals surface area (Å²) < 4.78 is 5.78. The minimum atomic E-state index is -0.858. The smallest absolute Gasteiger partial charge is 0.307 e. The zero-order chi connectivity index (χ0) is 22.8. The minimum Gasteiger partial charge on any atom is -0.490 e. The minimum absolute atomic E-state index is 0.0206. The molecule has 3 aromatic rings. The summed E-state index contributed by atoms with van der Waals surface area (Å²) in [5.41, 5.74) is 5.89. The molecule has 5 heteroatoms. The highest BCUT2D eigenvalue weighted by atomic mass is 16.6. The van der Waals surface area contributed by atoms with Crippen molar-refractivity contribution in [3.05, 3.63) is 89.5 Å². The van der Waals surface area contributed by atoms with Gasteiger partial charge in [0.05, 0.1) is 12.1 Å². The van der Waals surface area contributed by atoms with E-state index >= 15 is 0 Å². The van der Waals surface area contributed by atoms with E-state index in [9.17, 15) is 4.79 Å². The largest absolute Gasteiger partial charge is 0.490 e. The van der Waals surface area contributed by atoms with Crippen molar-refractivity contribution in [2.24, 2.45) is 5.16 Å². The predicted octanol–water partition coefficient (Wildman–Crippen LogP) is 5.89. The van der Waals surface area contributed by atoms with Crippen LogP contribution in [0.25, 0.3) is 11.1 Å². The summed E-state index contributed by atoms with van der Waals surface area (Å²) in [7, 11) is 0. The first kappa shape index (κ1) is 23.1. The van der Waals surface area contributed by atoms with Gasteiger partial charge >= 0.3 is 5.97 Å². The van der Waals surface area contributed by atoms with Crippen LogP contribution in [-0.2, 0) is 16.1 Å². The van der Waals surface area contributed by atoms with E-state index in [2.05, 4.69) is 48.5 Å². The van der Waals surface area contributed by atoms with Crippen molar-refractivity contribution in [1.82, 2.24) is 0 Å². The normalized spacial score (nSPS) is 11.2. The van der Waals surface area contributed by atoms with Gasteiger partial charge in [-0.1, -0.05) is 85.2 Å². The first-order valence-electron chi connectivity index (χ1n) is 10.9. The fourth-order valence-corrected chi connectivity index (χ4v) is 3.45. The summed E-state index contributed by atoms with van der Waals surface area (Å²) in [6.07, 6.45) is 1.77. The Balaban J connectivity index is 1.57. The van der Waals surface area contributed by atoms with Crippen molar-refractivity contribution >= 4 is 11.7 Å². The molecule has 0 fully saturated rings. The van der Waals surface area contributed by atoms with Crippen LogP contribution >= 0.6 is 0 Å². The molecule has 0 spiro atoms. The Hall–Kier alpha value is -3.60. The third-order valence-corrected chi connectivity index (χ3v) is 5.16. The van der Waals surface area contributed by atoms with Crippen molar-refractivity contribution in [2.45, 2.75) is 33.1 Å². The first-order valence-corrected chi connectivity index (χ1v) is 10.9. The molecule has 3 aromatic carbocycles. The number of benzene rings is 3. The molecule has 0 heterocycles. The number of hydrogen-bond acceptors (Lipinski definition) is 4. The van der Waals surface area contributed by atoms with Gasteiger partial charge in [0.15, 0.2) is 6.61 Å². The number of carboxylic acids is 1. The van der Waals surface area contributed by atoms with Gasteiger partial charge in [0.25, 0.3) is 0 Å². The van der Waals surface area contributed by atoms with E-state index in [-0.39, 0.29) is 6.42 Å². The Labute approximate surface area is 189 Å². The fraction of sp³-hybridized carbons (Fsp3) is 0.259. The van der Waals surface area contributed by atoms with Crippen molar-refractivity contribution in [3.63, 3.8) is 0 Å². The van der Waals surface area contributed by atoms with Crippen LogP contribution in [0.5, 0.6) is 5.75 Å². The number of hydrogen-bond donors (Lipinski definition) is 1. The topological polar surface area (TPSA) is 68.1 Å². The van der Waals surface area contributed by atoms with E-state index in [1.54, 1.807) is 12.1 Å². The van der Waals surface area contributed by atoms with Gasteiger partial charge in [-0.3, -0.25) is 4.79 Å². The Kier molecular flexibility index (Phi) is 8.44. The molecule has 0 aliphatic heterocycles. The predicted molar refractivity (Wildman–Crippen MR) is 127 cm³/mol. The third kappa shape index (κ3) is 6.45. The zero-order valence-corrected chi connectivity index (χ0v) is 18.6. The van der Waals surface area contributed by atoms with Gasteiger partial charge in [-0.15, -0.1) is 0 Å². The summed E-state index contributed by atoms with van der Waals surface area (Å²) in [5.74, 6) is -0.190. The van der Waals surface area contributed by atoms with Gasteiger partial charge in [-0.2, -0.15) is 0 Å². The monoisotopic (exact) mass is 431 g/mol. The van der Waals surface area contributed by atoms with Crippen LogP contribution in [0.4, 0.5) is 0 Å². The maximum Gasteiger partial charge on any atom is 0.307 e. The van der Waals surface area contributed by atoms with Crippen molar-refractivity contribution in [1.29, 1.82) is 0 Å². The van der Waals surface area contributed by atoms with Gasteiger partial charge in [0.2, 0.25) is 0 Å². The molecule has 0 saturated carbocycles. The average molecular weight is 432 g/mol. The lowest BCUT2D eigenvalue weighted by atomic mass is 10.0.